The number of nitrogens with one attached hydrogen (secondary N) is 1. The van der Waals surface area contributed by atoms with Gasteiger partial charge in [0.25, 0.3) is 0 Å². The normalized spacial score (nSPS) is 31.0. The number of carbonyl (C=O) groups excluding carboxylic acids is 1. The maximum Gasteiger partial charge on any atom is 0.234 e. The molecule has 7 heteroatoms. The van der Waals surface area contributed by atoms with Crippen molar-refractivity contribution in [3.05, 3.63) is 0 Å². The Morgan fingerprint density at radius 2 is 1.78 bits per heavy atom. The van der Waals surface area contributed by atoms with E-state index in [2.05, 4.69) is 19.2 Å². The summed E-state index contributed by atoms with van der Waals surface area (Å²) in [7, 11) is -3.10. The summed E-state index contributed by atoms with van der Waals surface area (Å²) < 4.78 is 25.2. The quantitative estimate of drug-likeness (QED) is 0.804. The smallest absolute Gasteiger partial charge is 0.234 e. The summed E-state index contributed by atoms with van der Waals surface area (Å²) in [6.07, 6.45) is 3.51. The minimum Gasteiger partial charge on any atom is -0.352 e. The van der Waals surface area contributed by atoms with Crippen LogP contribution in [0.4, 0.5) is 0 Å². The van der Waals surface area contributed by atoms with Crippen LogP contribution in [-0.4, -0.2) is 68.0 Å². The lowest BCUT2D eigenvalue weighted by atomic mass is 9.78. The number of hydrogen-bond donors (Lipinski definition) is 1. The Balaban J connectivity index is 1.77. The van der Waals surface area contributed by atoms with Gasteiger partial charge in [0.2, 0.25) is 15.9 Å². The van der Waals surface area contributed by atoms with Crippen LogP contribution in [0.2, 0.25) is 0 Å². The van der Waals surface area contributed by atoms with Crippen LogP contribution < -0.4 is 5.32 Å². The summed E-state index contributed by atoms with van der Waals surface area (Å²) >= 11 is 0. The van der Waals surface area contributed by atoms with Gasteiger partial charge in [-0.05, 0) is 25.2 Å². The summed E-state index contributed by atoms with van der Waals surface area (Å²) in [5.41, 5.74) is 0. The largest absolute Gasteiger partial charge is 0.352 e. The van der Waals surface area contributed by atoms with Gasteiger partial charge in [-0.15, -0.1) is 0 Å². The molecule has 6 nitrogen and oxygen atoms in total. The third-order valence-corrected chi connectivity index (χ3v) is 7.39. The lowest BCUT2D eigenvalue weighted by Gasteiger charge is -2.36. The highest BCUT2D eigenvalue weighted by atomic mass is 32.2. The predicted octanol–water partition coefficient (Wildman–Crippen LogP) is 0.895. The van der Waals surface area contributed by atoms with Gasteiger partial charge in [0.05, 0.1) is 12.3 Å². The predicted molar refractivity (Wildman–Crippen MR) is 91.6 cm³/mol. The average Bonchev–Trinajstić information content (AvgIpc) is 2.52. The van der Waals surface area contributed by atoms with E-state index in [-0.39, 0.29) is 17.7 Å². The van der Waals surface area contributed by atoms with Gasteiger partial charge in [-0.3, -0.25) is 9.69 Å². The first-order valence-corrected chi connectivity index (χ1v) is 10.4. The zero-order chi connectivity index (χ0) is 17.0. The van der Waals surface area contributed by atoms with E-state index >= 15 is 0 Å². The average molecular weight is 346 g/mol. The summed E-state index contributed by atoms with van der Waals surface area (Å²) in [6, 6.07) is 0.285. The molecule has 0 radical (unpaired) electrons. The molecule has 2 aliphatic rings. The van der Waals surface area contributed by atoms with Crippen LogP contribution >= 0.6 is 0 Å². The Labute approximate surface area is 140 Å². The molecule has 1 aliphatic heterocycles. The Bertz CT molecular complexity index is 501. The lowest BCUT2D eigenvalue weighted by molar-refractivity contribution is -0.124. The second-order valence-corrected chi connectivity index (χ2v) is 9.27. The minimum absolute atomic E-state index is 0.0720. The molecular weight excluding hydrogens is 314 g/mol. The molecule has 0 spiro atoms. The standard InChI is InChI=1S/C16H31N3O3S/c1-4-23(21,22)19-10-8-18(9-11-19)12-16(20)17-15-7-5-6-13(2)14(15)3/h13-15H,4-12H2,1-3H3,(H,17,20). The van der Waals surface area contributed by atoms with Crippen molar-refractivity contribution in [3.63, 3.8) is 0 Å². The molecule has 0 aromatic heterocycles. The molecule has 3 unspecified atom stereocenters. The van der Waals surface area contributed by atoms with Crippen molar-refractivity contribution >= 4 is 15.9 Å². The van der Waals surface area contributed by atoms with Crippen LogP contribution in [0, 0.1) is 11.8 Å². The third kappa shape index (κ3) is 4.90. The first-order valence-electron chi connectivity index (χ1n) is 8.83. The van der Waals surface area contributed by atoms with Crippen molar-refractivity contribution in [3.8, 4) is 0 Å². The molecule has 23 heavy (non-hydrogen) atoms. The van der Waals surface area contributed by atoms with E-state index in [0.29, 0.717) is 44.6 Å². The number of piperazine rings is 1. The summed E-state index contributed by atoms with van der Waals surface area (Å²) in [5.74, 6) is 1.41. The van der Waals surface area contributed by atoms with Gasteiger partial charge in [0, 0.05) is 32.2 Å². The Morgan fingerprint density at radius 3 is 2.39 bits per heavy atom. The second kappa shape index (κ2) is 7.94. The van der Waals surface area contributed by atoms with Crippen LogP contribution in [0.15, 0.2) is 0 Å². The second-order valence-electron chi connectivity index (χ2n) is 7.02. The Hall–Kier alpha value is -0.660. The summed E-state index contributed by atoms with van der Waals surface area (Å²) in [4.78, 5) is 14.3. The topological polar surface area (TPSA) is 69.7 Å². The number of hydrogen-bond acceptors (Lipinski definition) is 4. The van der Waals surface area contributed by atoms with Crippen molar-refractivity contribution in [2.24, 2.45) is 11.8 Å². The van der Waals surface area contributed by atoms with E-state index in [1.54, 1.807) is 6.92 Å². The fourth-order valence-electron chi connectivity index (χ4n) is 3.59. The number of rotatable bonds is 5. The highest BCUT2D eigenvalue weighted by Gasteiger charge is 2.30. The van der Waals surface area contributed by atoms with Crippen molar-refractivity contribution in [1.82, 2.24) is 14.5 Å². The number of amides is 1. The van der Waals surface area contributed by atoms with Gasteiger partial charge in [0.15, 0.2) is 0 Å². The van der Waals surface area contributed by atoms with Gasteiger partial charge in [-0.2, -0.15) is 4.31 Å². The summed E-state index contributed by atoms with van der Waals surface area (Å²) in [5, 5.41) is 3.19. The van der Waals surface area contributed by atoms with Gasteiger partial charge < -0.3 is 5.32 Å². The molecule has 0 aromatic carbocycles. The van der Waals surface area contributed by atoms with E-state index in [1.165, 1.54) is 17.1 Å². The van der Waals surface area contributed by atoms with Crippen LogP contribution in [0.5, 0.6) is 0 Å². The summed E-state index contributed by atoms with van der Waals surface area (Å²) in [6.45, 7) is 8.76. The number of nitrogens with zero attached hydrogens (tertiary/aromatic N) is 2. The molecule has 0 aromatic rings. The van der Waals surface area contributed by atoms with Crippen LogP contribution in [0.25, 0.3) is 0 Å². The molecule has 3 atom stereocenters. The Morgan fingerprint density at radius 1 is 1.13 bits per heavy atom. The fraction of sp³-hybridized carbons (Fsp3) is 0.938. The van der Waals surface area contributed by atoms with Crippen molar-refractivity contribution in [2.75, 3.05) is 38.5 Å². The number of carbonyl (C=O) groups is 1. The highest BCUT2D eigenvalue weighted by Crippen LogP contribution is 2.29. The fourth-order valence-corrected chi connectivity index (χ4v) is 4.67. The van der Waals surface area contributed by atoms with Crippen molar-refractivity contribution in [1.29, 1.82) is 0 Å². The molecule has 0 bridgehead atoms. The zero-order valence-corrected chi connectivity index (χ0v) is 15.4. The number of sulfonamides is 1. The lowest BCUT2D eigenvalue weighted by Crippen LogP contribution is -2.53. The van der Waals surface area contributed by atoms with E-state index < -0.39 is 10.0 Å². The van der Waals surface area contributed by atoms with E-state index in [1.807, 2.05) is 4.90 Å². The van der Waals surface area contributed by atoms with Crippen LogP contribution in [0.1, 0.15) is 40.0 Å². The van der Waals surface area contributed by atoms with Crippen LogP contribution in [-0.2, 0) is 14.8 Å². The molecule has 1 N–H and O–H groups in total. The molecule has 2 rings (SSSR count). The van der Waals surface area contributed by atoms with Gasteiger partial charge in [-0.1, -0.05) is 26.7 Å². The Kier molecular flexibility index (Phi) is 6.45. The first kappa shape index (κ1) is 18.7. The van der Waals surface area contributed by atoms with E-state index in [0.717, 1.165) is 6.42 Å². The van der Waals surface area contributed by atoms with Gasteiger partial charge in [-0.25, -0.2) is 8.42 Å². The van der Waals surface area contributed by atoms with E-state index in [9.17, 15) is 13.2 Å². The molecule has 1 amide bonds. The molecular formula is C16H31N3O3S. The molecule has 1 heterocycles. The molecule has 1 saturated carbocycles. The van der Waals surface area contributed by atoms with Crippen molar-refractivity contribution < 1.29 is 13.2 Å². The minimum atomic E-state index is -3.10. The SMILES string of the molecule is CCS(=O)(=O)N1CCN(CC(=O)NC2CCCC(C)C2C)CC1. The third-order valence-electron chi connectivity index (χ3n) is 5.51. The maximum absolute atomic E-state index is 12.3. The highest BCUT2D eigenvalue weighted by molar-refractivity contribution is 7.89. The van der Waals surface area contributed by atoms with Crippen LogP contribution in [0.3, 0.4) is 0 Å². The zero-order valence-electron chi connectivity index (χ0n) is 14.6. The van der Waals surface area contributed by atoms with E-state index in [4.69, 9.17) is 0 Å². The molecule has 1 aliphatic carbocycles. The molecule has 134 valence electrons. The molecule has 2 fully saturated rings. The molecule has 1 saturated heterocycles. The monoisotopic (exact) mass is 345 g/mol. The maximum atomic E-state index is 12.3. The van der Waals surface area contributed by atoms with Gasteiger partial charge >= 0.3 is 0 Å². The van der Waals surface area contributed by atoms with Crippen molar-refractivity contribution in [2.45, 2.75) is 46.1 Å². The van der Waals surface area contributed by atoms with Gasteiger partial charge in [0.1, 0.15) is 0 Å². The first-order chi connectivity index (χ1) is 10.8.